The molecule has 102 valence electrons. The van der Waals surface area contributed by atoms with Crippen LogP contribution in [0.3, 0.4) is 0 Å². The summed E-state index contributed by atoms with van der Waals surface area (Å²) in [4.78, 5) is 12.1. The van der Waals surface area contributed by atoms with Crippen molar-refractivity contribution in [2.75, 3.05) is 19.5 Å². The molecule has 0 unspecified atom stereocenters. The van der Waals surface area contributed by atoms with Gasteiger partial charge in [0.15, 0.2) is 0 Å². The summed E-state index contributed by atoms with van der Waals surface area (Å²) in [6.07, 6.45) is 1.80. The van der Waals surface area contributed by atoms with Crippen molar-refractivity contribution in [3.63, 3.8) is 0 Å². The molecule has 2 aromatic rings. The summed E-state index contributed by atoms with van der Waals surface area (Å²) >= 11 is 0. The monoisotopic (exact) mass is 264 g/mol. The van der Waals surface area contributed by atoms with Gasteiger partial charge in [-0.2, -0.15) is 15.1 Å². The molecule has 1 N–H and O–H groups in total. The number of hydrogen-bond acceptors (Lipinski definition) is 7. The Balaban J connectivity index is 2.12. The first-order valence-electron chi connectivity index (χ1n) is 5.69. The largest absolute Gasteiger partial charge is 0.467 e. The first kappa shape index (κ1) is 13.1. The van der Waals surface area contributed by atoms with Crippen molar-refractivity contribution in [2.24, 2.45) is 7.05 Å². The zero-order valence-corrected chi connectivity index (χ0v) is 11.3. The van der Waals surface area contributed by atoms with Crippen LogP contribution in [-0.2, 0) is 13.6 Å². The molecule has 8 nitrogen and oxygen atoms in total. The Labute approximate surface area is 110 Å². The second-order valence-electron chi connectivity index (χ2n) is 3.86. The molecule has 0 aromatic carbocycles. The Hall–Kier alpha value is -2.38. The summed E-state index contributed by atoms with van der Waals surface area (Å²) in [5.41, 5.74) is 2.15. The van der Waals surface area contributed by atoms with Gasteiger partial charge in [0.25, 0.3) is 0 Å². The SMILES string of the molecule is COc1nc(NCc2cnn(C)c2C)nc(OC)n1. The molecule has 0 bridgehead atoms. The van der Waals surface area contributed by atoms with Crippen molar-refractivity contribution < 1.29 is 9.47 Å². The van der Waals surface area contributed by atoms with Gasteiger partial charge in [-0.15, -0.1) is 4.98 Å². The van der Waals surface area contributed by atoms with E-state index in [0.717, 1.165) is 11.3 Å². The minimum absolute atomic E-state index is 0.206. The lowest BCUT2D eigenvalue weighted by atomic mass is 10.2. The van der Waals surface area contributed by atoms with E-state index in [4.69, 9.17) is 9.47 Å². The first-order chi connectivity index (χ1) is 9.13. The lowest BCUT2D eigenvalue weighted by Crippen LogP contribution is -2.07. The van der Waals surface area contributed by atoms with Crippen LogP contribution in [0.25, 0.3) is 0 Å². The van der Waals surface area contributed by atoms with Crippen LogP contribution in [0.4, 0.5) is 5.95 Å². The summed E-state index contributed by atoms with van der Waals surface area (Å²) in [5.74, 6) is 0.395. The predicted octanol–water partition coefficient (Wildman–Crippen LogP) is 0.543. The highest BCUT2D eigenvalue weighted by atomic mass is 16.5. The van der Waals surface area contributed by atoms with Gasteiger partial charge in [-0.25, -0.2) is 0 Å². The van der Waals surface area contributed by atoms with Crippen molar-refractivity contribution in [2.45, 2.75) is 13.5 Å². The molecule has 8 heteroatoms. The van der Waals surface area contributed by atoms with E-state index in [1.165, 1.54) is 14.2 Å². The third-order valence-corrected chi connectivity index (χ3v) is 2.73. The van der Waals surface area contributed by atoms with Crippen molar-refractivity contribution >= 4 is 5.95 Å². The standard InChI is InChI=1S/C11H16N6O2/c1-7-8(6-13-17(7)2)5-12-9-14-10(18-3)16-11(15-9)19-4/h6H,5H2,1-4H3,(H,12,14,15,16). The highest BCUT2D eigenvalue weighted by Crippen LogP contribution is 2.13. The van der Waals surface area contributed by atoms with E-state index < -0.39 is 0 Å². The van der Waals surface area contributed by atoms with Crippen LogP contribution in [0.15, 0.2) is 6.20 Å². The number of rotatable bonds is 5. The maximum atomic E-state index is 4.98. The van der Waals surface area contributed by atoms with Crippen molar-refractivity contribution in [1.82, 2.24) is 24.7 Å². The van der Waals surface area contributed by atoms with Gasteiger partial charge in [-0.3, -0.25) is 4.68 Å². The van der Waals surface area contributed by atoms with Gasteiger partial charge in [-0.1, -0.05) is 0 Å². The third-order valence-electron chi connectivity index (χ3n) is 2.73. The van der Waals surface area contributed by atoms with Crippen molar-refractivity contribution in [3.8, 4) is 12.0 Å². The highest BCUT2D eigenvalue weighted by molar-refractivity contribution is 5.30. The second-order valence-corrected chi connectivity index (χ2v) is 3.86. The fraction of sp³-hybridized carbons (Fsp3) is 0.455. The Morgan fingerprint density at radius 2 is 1.79 bits per heavy atom. The topological polar surface area (TPSA) is 87.0 Å². The fourth-order valence-electron chi connectivity index (χ4n) is 1.49. The number of aromatic nitrogens is 5. The lowest BCUT2D eigenvalue weighted by molar-refractivity contribution is 0.341. The van der Waals surface area contributed by atoms with E-state index in [0.29, 0.717) is 12.5 Å². The third kappa shape index (κ3) is 2.90. The van der Waals surface area contributed by atoms with Crippen LogP contribution in [0, 0.1) is 6.92 Å². The normalized spacial score (nSPS) is 10.3. The van der Waals surface area contributed by atoms with Gasteiger partial charge in [0.05, 0.1) is 20.4 Å². The molecular formula is C11H16N6O2. The van der Waals surface area contributed by atoms with Gasteiger partial charge < -0.3 is 14.8 Å². The van der Waals surface area contributed by atoms with Crippen LogP contribution in [0.5, 0.6) is 12.0 Å². The molecule has 2 heterocycles. The Bertz CT molecular complexity index is 546. The minimum Gasteiger partial charge on any atom is -0.467 e. The number of nitrogens with one attached hydrogen (secondary N) is 1. The summed E-state index contributed by atoms with van der Waals surface area (Å²) < 4.78 is 11.8. The molecule has 2 aromatic heterocycles. The average molecular weight is 264 g/mol. The zero-order chi connectivity index (χ0) is 13.8. The quantitative estimate of drug-likeness (QED) is 0.843. The Morgan fingerprint density at radius 3 is 2.26 bits per heavy atom. The maximum absolute atomic E-state index is 4.98. The molecule has 19 heavy (non-hydrogen) atoms. The molecule has 0 aliphatic rings. The lowest BCUT2D eigenvalue weighted by Gasteiger charge is -2.07. The molecule has 0 spiro atoms. The van der Waals surface area contributed by atoms with Crippen molar-refractivity contribution in [3.05, 3.63) is 17.5 Å². The molecule has 0 saturated carbocycles. The van der Waals surface area contributed by atoms with E-state index in [1.807, 2.05) is 18.7 Å². The Morgan fingerprint density at radius 1 is 1.16 bits per heavy atom. The number of aryl methyl sites for hydroxylation is 1. The van der Waals surface area contributed by atoms with Gasteiger partial charge in [0.1, 0.15) is 0 Å². The van der Waals surface area contributed by atoms with Crippen LogP contribution in [0.2, 0.25) is 0 Å². The van der Waals surface area contributed by atoms with Crippen LogP contribution in [0.1, 0.15) is 11.3 Å². The molecule has 0 aliphatic carbocycles. The first-order valence-corrected chi connectivity index (χ1v) is 5.69. The van der Waals surface area contributed by atoms with Crippen LogP contribution in [-0.4, -0.2) is 39.0 Å². The predicted molar refractivity (Wildman–Crippen MR) is 68.2 cm³/mol. The highest BCUT2D eigenvalue weighted by Gasteiger charge is 2.08. The fourth-order valence-corrected chi connectivity index (χ4v) is 1.49. The number of ether oxygens (including phenoxy) is 2. The van der Waals surface area contributed by atoms with Crippen LogP contribution < -0.4 is 14.8 Å². The average Bonchev–Trinajstić information content (AvgIpc) is 2.76. The zero-order valence-electron chi connectivity index (χ0n) is 11.3. The van der Waals surface area contributed by atoms with E-state index >= 15 is 0 Å². The van der Waals surface area contributed by atoms with Gasteiger partial charge in [0, 0.05) is 24.8 Å². The molecule has 0 saturated heterocycles. The molecule has 0 atom stereocenters. The van der Waals surface area contributed by atoms with E-state index in [9.17, 15) is 0 Å². The maximum Gasteiger partial charge on any atom is 0.324 e. The Kier molecular flexibility index (Phi) is 3.79. The van der Waals surface area contributed by atoms with Crippen molar-refractivity contribution in [1.29, 1.82) is 0 Å². The summed E-state index contributed by atoms with van der Waals surface area (Å²) in [6.45, 7) is 2.56. The molecular weight excluding hydrogens is 248 g/mol. The van der Waals surface area contributed by atoms with E-state index in [-0.39, 0.29) is 12.0 Å². The van der Waals surface area contributed by atoms with Crippen LogP contribution >= 0.6 is 0 Å². The van der Waals surface area contributed by atoms with E-state index in [2.05, 4.69) is 25.4 Å². The molecule has 0 fully saturated rings. The summed E-state index contributed by atoms with van der Waals surface area (Å²) in [7, 11) is 4.88. The number of anilines is 1. The molecule has 0 radical (unpaired) electrons. The number of nitrogens with zero attached hydrogens (tertiary/aromatic N) is 5. The smallest absolute Gasteiger partial charge is 0.324 e. The van der Waals surface area contributed by atoms with Gasteiger partial charge in [0.2, 0.25) is 5.95 Å². The van der Waals surface area contributed by atoms with Gasteiger partial charge in [-0.05, 0) is 6.92 Å². The molecule has 2 rings (SSSR count). The summed E-state index contributed by atoms with van der Waals surface area (Å²) in [5, 5.41) is 7.26. The minimum atomic E-state index is 0.206. The van der Waals surface area contributed by atoms with E-state index in [1.54, 1.807) is 6.20 Å². The molecule has 0 aliphatic heterocycles. The number of methoxy groups -OCH3 is 2. The molecule has 0 amide bonds. The number of hydrogen-bond donors (Lipinski definition) is 1. The summed E-state index contributed by atoms with van der Waals surface area (Å²) in [6, 6.07) is 0.412. The second kappa shape index (κ2) is 5.51. The van der Waals surface area contributed by atoms with Gasteiger partial charge >= 0.3 is 12.0 Å².